The average molecular weight is 414 g/mol. The molecule has 0 aliphatic heterocycles. The number of aryl methyl sites for hydroxylation is 3. The maximum Gasteiger partial charge on any atom is 0.263 e. The first-order valence-corrected chi connectivity index (χ1v) is 10.7. The second-order valence-electron chi connectivity index (χ2n) is 6.65. The number of anilines is 1. The molecule has 0 spiro atoms. The highest BCUT2D eigenvalue weighted by Gasteiger charge is 2.17. The third-order valence-electron chi connectivity index (χ3n) is 4.78. The van der Waals surface area contributed by atoms with Gasteiger partial charge in [0.15, 0.2) is 5.16 Å². The van der Waals surface area contributed by atoms with Crippen molar-refractivity contribution in [1.29, 1.82) is 0 Å². The predicted octanol–water partition coefficient (Wildman–Crippen LogP) is 4.61. The summed E-state index contributed by atoms with van der Waals surface area (Å²) in [4.78, 5) is 31.9. The van der Waals surface area contributed by atoms with Gasteiger partial charge in [0.05, 0.1) is 11.1 Å². The third kappa shape index (κ3) is 3.91. The molecule has 0 atom stereocenters. The number of thiophene rings is 1. The van der Waals surface area contributed by atoms with Gasteiger partial charge < -0.3 is 5.32 Å². The van der Waals surface area contributed by atoms with Crippen molar-refractivity contribution in [3.8, 4) is 0 Å². The fourth-order valence-corrected chi connectivity index (χ4v) is 4.79. The van der Waals surface area contributed by atoms with E-state index in [0.717, 1.165) is 32.1 Å². The van der Waals surface area contributed by atoms with Crippen LogP contribution in [0.4, 0.5) is 5.69 Å². The van der Waals surface area contributed by atoms with Crippen molar-refractivity contribution in [1.82, 2.24) is 9.55 Å². The van der Waals surface area contributed by atoms with E-state index >= 15 is 0 Å². The lowest BCUT2D eigenvalue weighted by Gasteiger charge is -2.12. The normalized spacial score (nSPS) is 11.0. The molecule has 1 amide bonds. The Morgan fingerprint density at radius 2 is 2.04 bits per heavy atom. The first kappa shape index (κ1) is 20.4. The molecule has 0 saturated heterocycles. The molecular formula is C21H23N3O2S2. The number of hydrogen-bond acceptors (Lipinski definition) is 5. The Hall–Kier alpha value is -2.38. The van der Waals surface area contributed by atoms with E-state index in [0.29, 0.717) is 17.1 Å². The minimum Gasteiger partial charge on any atom is -0.325 e. The number of amides is 1. The highest BCUT2D eigenvalue weighted by molar-refractivity contribution is 7.99. The summed E-state index contributed by atoms with van der Waals surface area (Å²) in [6.07, 6.45) is 1.67. The maximum atomic E-state index is 13.0. The minimum atomic E-state index is -0.128. The van der Waals surface area contributed by atoms with Crippen LogP contribution in [-0.2, 0) is 11.3 Å². The highest BCUT2D eigenvalue weighted by Crippen LogP contribution is 2.28. The lowest BCUT2D eigenvalue weighted by atomic mass is 10.1. The zero-order valence-electron chi connectivity index (χ0n) is 16.5. The molecule has 5 nitrogen and oxygen atoms in total. The van der Waals surface area contributed by atoms with Crippen LogP contribution in [0, 0.1) is 27.7 Å². The molecule has 0 aliphatic rings. The van der Waals surface area contributed by atoms with Gasteiger partial charge in [-0.15, -0.1) is 17.9 Å². The Balaban J connectivity index is 1.86. The maximum absolute atomic E-state index is 13.0. The Morgan fingerprint density at radius 3 is 2.75 bits per heavy atom. The molecule has 0 saturated carbocycles. The fraction of sp³-hybridized carbons (Fsp3) is 0.286. The number of hydrogen-bond donors (Lipinski definition) is 1. The quantitative estimate of drug-likeness (QED) is 0.364. The van der Waals surface area contributed by atoms with E-state index in [1.165, 1.54) is 23.1 Å². The zero-order chi connectivity index (χ0) is 20.4. The van der Waals surface area contributed by atoms with E-state index in [1.54, 1.807) is 10.6 Å². The lowest BCUT2D eigenvalue weighted by Crippen LogP contribution is -2.23. The Kier molecular flexibility index (Phi) is 6.05. The number of nitrogens with one attached hydrogen (secondary N) is 1. The van der Waals surface area contributed by atoms with Crippen molar-refractivity contribution >= 4 is 44.9 Å². The Labute approximate surface area is 172 Å². The van der Waals surface area contributed by atoms with Crippen molar-refractivity contribution in [2.75, 3.05) is 11.1 Å². The number of nitrogens with zero attached hydrogens (tertiary/aromatic N) is 2. The number of aromatic nitrogens is 2. The molecule has 0 aliphatic carbocycles. The summed E-state index contributed by atoms with van der Waals surface area (Å²) >= 11 is 2.78. The molecule has 0 radical (unpaired) electrons. The Morgan fingerprint density at radius 1 is 1.29 bits per heavy atom. The van der Waals surface area contributed by atoms with Crippen LogP contribution in [0.5, 0.6) is 0 Å². The number of fused-ring (bicyclic) bond motifs is 1. The summed E-state index contributed by atoms with van der Waals surface area (Å²) in [7, 11) is 0. The van der Waals surface area contributed by atoms with Gasteiger partial charge >= 0.3 is 0 Å². The summed E-state index contributed by atoms with van der Waals surface area (Å²) in [5, 5.41) is 4.14. The van der Waals surface area contributed by atoms with Gasteiger partial charge in [0.25, 0.3) is 5.56 Å². The molecule has 28 heavy (non-hydrogen) atoms. The first-order valence-electron chi connectivity index (χ1n) is 8.93. The van der Waals surface area contributed by atoms with Crippen LogP contribution in [-0.4, -0.2) is 21.2 Å². The van der Waals surface area contributed by atoms with Gasteiger partial charge in [-0.2, -0.15) is 0 Å². The second kappa shape index (κ2) is 8.32. The zero-order valence-corrected chi connectivity index (χ0v) is 18.1. The second-order valence-corrected chi connectivity index (χ2v) is 8.79. The van der Waals surface area contributed by atoms with Crippen molar-refractivity contribution < 1.29 is 4.79 Å². The van der Waals surface area contributed by atoms with E-state index in [1.807, 2.05) is 45.9 Å². The van der Waals surface area contributed by atoms with Crippen LogP contribution in [0.15, 0.2) is 40.8 Å². The minimum absolute atomic E-state index is 0.0795. The van der Waals surface area contributed by atoms with Crippen LogP contribution in [0.1, 0.15) is 21.6 Å². The highest BCUT2D eigenvalue weighted by atomic mass is 32.2. The van der Waals surface area contributed by atoms with Crippen LogP contribution in [0.2, 0.25) is 0 Å². The molecule has 0 unspecified atom stereocenters. The van der Waals surface area contributed by atoms with Crippen molar-refractivity contribution in [3.05, 3.63) is 62.8 Å². The Bertz CT molecular complexity index is 1130. The average Bonchev–Trinajstić information content (AvgIpc) is 2.94. The summed E-state index contributed by atoms with van der Waals surface area (Å²) in [6, 6.07) is 5.82. The predicted molar refractivity (Wildman–Crippen MR) is 119 cm³/mol. The van der Waals surface area contributed by atoms with Gasteiger partial charge in [-0.3, -0.25) is 14.2 Å². The molecule has 2 aromatic heterocycles. The van der Waals surface area contributed by atoms with Crippen LogP contribution in [0.3, 0.4) is 0 Å². The molecular weight excluding hydrogens is 390 g/mol. The van der Waals surface area contributed by atoms with E-state index in [2.05, 4.69) is 16.9 Å². The van der Waals surface area contributed by atoms with E-state index < -0.39 is 0 Å². The van der Waals surface area contributed by atoms with Gasteiger partial charge in [0, 0.05) is 17.1 Å². The molecule has 1 N–H and O–H groups in total. The molecule has 0 bridgehead atoms. The summed E-state index contributed by atoms with van der Waals surface area (Å²) in [5.74, 6) is 0.0444. The summed E-state index contributed by atoms with van der Waals surface area (Å²) in [5.41, 5.74) is 3.88. The molecule has 3 aromatic rings. The topological polar surface area (TPSA) is 64.0 Å². The first-order chi connectivity index (χ1) is 13.3. The monoisotopic (exact) mass is 413 g/mol. The molecule has 3 rings (SSSR count). The van der Waals surface area contributed by atoms with E-state index in [-0.39, 0.29) is 17.2 Å². The van der Waals surface area contributed by atoms with Gasteiger partial charge in [-0.05, 0) is 50.5 Å². The van der Waals surface area contributed by atoms with Crippen LogP contribution in [0.25, 0.3) is 10.2 Å². The van der Waals surface area contributed by atoms with Crippen LogP contribution >= 0.6 is 23.1 Å². The number of thioether (sulfide) groups is 1. The van der Waals surface area contributed by atoms with Crippen molar-refractivity contribution in [2.24, 2.45) is 0 Å². The van der Waals surface area contributed by atoms with Crippen LogP contribution < -0.4 is 10.9 Å². The third-order valence-corrected chi connectivity index (χ3v) is 6.85. The molecule has 0 fully saturated rings. The molecule has 146 valence electrons. The van der Waals surface area contributed by atoms with Gasteiger partial charge in [-0.1, -0.05) is 30.0 Å². The number of rotatable bonds is 6. The van der Waals surface area contributed by atoms with E-state index in [4.69, 9.17) is 0 Å². The van der Waals surface area contributed by atoms with Gasteiger partial charge in [0.2, 0.25) is 5.91 Å². The smallest absolute Gasteiger partial charge is 0.263 e. The molecule has 2 heterocycles. The lowest BCUT2D eigenvalue weighted by molar-refractivity contribution is -0.113. The summed E-state index contributed by atoms with van der Waals surface area (Å²) in [6.45, 7) is 12.0. The van der Waals surface area contributed by atoms with Gasteiger partial charge in [0.1, 0.15) is 4.83 Å². The van der Waals surface area contributed by atoms with Gasteiger partial charge in [-0.25, -0.2) is 4.98 Å². The standard InChI is InChI=1S/C21H23N3O2S2/c1-6-10-24-20(26)18-14(4)15(5)28-19(18)23-21(24)27-11-17(25)22-16-9-7-8-12(2)13(16)3/h6-9H,1,10-11H2,2-5H3,(H,22,25). The number of allylic oxidation sites excluding steroid dienone is 1. The van der Waals surface area contributed by atoms with E-state index in [9.17, 15) is 9.59 Å². The summed E-state index contributed by atoms with van der Waals surface area (Å²) < 4.78 is 1.59. The fourth-order valence-electron chi connectivity index (χ4n) is 2.91. The molecule has 7 heteroatoms. The number of carbonyl (C=O) groups excluding carboxylic acids is 1. The SMILES string of the molecule is C=CCn1c(SCC(=O)Nc2cccc(C)c2C)nc2sc(C)c(C)c2c1=O. The molecule has 1 aromatic carbocycles. The number of carbonyl (C=O) groups is 1. The number of benzene rings is 1. The van der Waals surface area contributed by atoms with Crippen molar-refractivity contribution in [2.45, 2.75) is 39.4 Å². The van der Waals surface area contributed by atoms with Crippen molar-refractivity contribution in [3.63, 3.8) is 0 Å². The largest absolute Gasteiger partial charge is 0.325 e.